The predicted octanol–water partition coefficient (Wildman–Crippen LogP) is 2.90. The second-order valence-corrected chi connectivity index (χ2v) is 8.74. The van der Waals surface area contributed by atoms with Gasteiger partial charge in [-0.15, -0.1) is 0 Å². The van der Waals surface area contributed by atoms with Gasteiger partial charge in [0.1, 0.15) is 12.4 Å². The molecule has 1 atom stereocenters. The third kappa shape index (κ3) is 5.72. The van der Waals surface area contributed by atoms with Crippen LogP contribution in [0.5, 0.6) is 5.75 Å². The summed E-state index contributed by atoms with van der Waals surface area (Å²) in [6.07, 6.45) is 1.14. The van der Waals surface area contributed by atoms with Crippen LogP contribution in [0.3, 0.4) is 0 Å². The summed E-state index contributed by atoms with van der Waals surface area (Å²) in [6, 6.07) is 12.5. The number of carbonyl (C=O) groups excluding carboxylic acids is 1. The van der Waals surface area contributed by atoms with E-state index in [0.717, 1.165) is 17.6 Å². The van der Waals surface area contributed by atoms with Crippen molar-refractivity contribution in [2.45, 2.75) is 26.8 Å². The number of sulfonamides is 1. The lowest BCUT2D eigenvalue weighted by Crippen LogP contribution is -2.36. The van der Waals surface area contributed by atoms with Crippen molar-refractivity contribution in [2.24, 2.45) is 0 Å². The van der Waals surface area contributed by atoms with Crippen LogP contribution >= 0.6 is 0 Å². The number of amides is 1. The summed E-state index contributed by atoms with van der Waals surface area (Å²) in [7, 11) is -1.86. The summed E-state index contributed by atoms with van der Waals surface area (Å²) in [5.41, 5.74) is 2.88. The van der Waals surface area contributed by atoms with E-state index in [2.05, 4.69) is 5.32 Å². The molecule has 0 radical (unpaired) electrons. The molecule has 2 rings (SSSR count). The lowest BCUT2D eigenvalue weighted by atomic mass is 10.1. The Balaban J connectivity index is 1.98. The molecule has 0 bridgehead atoms. The van der Waals surface area contributed by atoms with Crippen molar-refractivity contribution >= 4 is 21.6 Å². The fourth-order valence-electron chi connectivity index (χ4n) is 2.53. The minimum atomic E-state index is -3.35. The summed E-state index contributed by atoms with van der Waals surface area (Å²) in [6.45, 7) is 6.00. The van der Waals surface area contributed by atoms with Gasteiger partial charge < -0.3 is 10.1 Å². The van der Waals surface area contributed by atoms with Gasteiger partial charge in [0.05, 0.1) is 18.0 Å². The average molecular weight is 391 g/mol. The van der Waals surface area contributed by atoms with Crippen molar-refractivity contribution in [1.82, 2.24) is 5.32 Å². The highest BCUT2D eigenvalue weighted by atomic mass is 32.2. The lowest BCUT2D eigenvalue weighted by molar-refractivity contribution is 0.0926. The van der Waals surface area contributed by atoms with Gasteiger partial charge >= 0.3 is 0 Å². The topological polar surface area (TPSA) is 75.7 Å². The Morgan fingerprint density at radius 2 is 1.78 bits per heavy atom. The number of ether oxygens (including phenoxy) is 1. The van der Waals surface area contributed by atoms with E-state index in [1.807, 2.05) is 38.1 Å². The van der Waals surface area contributed by atoms with E-state index in [-0.39, 0.29) is 11.9 Å². The molecule has 1 amide bonds. The number of rotatable bonds is 7. The van der Waals surface area contributed by atoms with Crippen LogP contribution in [0.2, 0.25) is 0 Å². The molecule has 0 aromatic heterocycles. The van der Waals surface area contributed by atoms with Crippen LogP contribution in [-0.2, 0) is 10.0 Å². The molecule has 0 aliphatic carbocycles. The molecule has 0 saturated heterocycles. The van der Waals surface area contributed by atoms with Crippen LogP contribution in [0, 0.1) is 13.8 Å². The molecule has 1 N–H and O–H groups in total. The van der Waals surface area contributed by atoms with E-state index >= 15 is 0 Å². The molecule has 2 aromatic rings. The van der Waals surface area contributed by atoms with Gasteiger partial charge in [-0.25, -0.2) is 8.42 Å². The fourth-order valence-corrected chi connectivity index (χ4v) is 3.10. The average Bonchev–Trinajstić information content (AvgIpc) is 2.59. The monoisotopic (exact) mass is 390 g/mol. The first-order valence-corrected chi connectivity index (χ1v) is 10.5. The van der Waals surface area contributed by atoms with E-state index < -0.39 is 10.0 Å². The van der Waals surface area contributed by atoms with E-state index in [1.54, 1.807) is 25.1 Å². The Hall–Kier alpha value is -2.54. The number of hydrogen-bond donors (Lipinski definition) is 1. The molecule has 0 heterocycles. The Kier molecular flexibility index (Phi) is 6.49. The minimum Gasteiger partial charge on any atom is -0.491 e. The van der Waals surface area contributed by atoms with Gasteiger partial charge in [-0.3, -0.25) is 9.10 Å². The zero-order chi connectivity index (χ0) is 20.2. The molecular weight excluding hydrogens is 364 g/mol. The quantitative estimate of drug-likeness (QED) is 0.789. The van der Waals surface area contributed by atoms with E-state index in [0.29, 0.717) is 23.4 Å². The summed E-state index contributed by atoms with van der Waals surface area (Å²) in [4.78, 5) is 12.4. The minimum absolute atomic E-state index is 0.183. The molecule has 0 spiro atoms. The highest BCUT2D eigenvalue weighted by Crippen LogP contribution is 2.22. The van der Waals surface area contributed by atoms with Crippen LogP contribution in [0.1, 0.15) is 28.4 Å². The Bertz CT molecular complexity index is 908. The third-order valence-electron chi connectivity index (χ3n) is 4.19. The molecule has 2 aromatic carbocycles. The van der Waals surface area contributed by atoms with Crippen LogP contribution < -0.4 is 14.4 Å². The number of anilines is 1. The van der Waals surface area contributed by atoms with Gasteiger partial charge in [0.25, 0.3) is 5.91 Å². The van der Waals surface area contributed by atoms with Crippen molar-refractivity contribution in [3.8, 4) is 5.75 Å². The van der Waals surface area contributed by atoms with Crippen molar-refractivity contribution < 1.29 is 17.9 Å². The Labute approximate surface area is 161 Å². The van der Waals surface area contributed by atoms with Gasteiger partial charge in [-0.1, -0.05) is 17.7 Å². The van der Waals surface area contributed by atoms with Gasteiger partial charge in [-0.2, -0.15) is 0 Å². The van der Waals surface area contributed by atoms with Crippen LogP contribution in [0.4, 0.5) is 5.69 Å². The molecule has 146 valence electrons. The molecular formula is C20H26N2O4S. The second kappa shape index (κ2) is 8.43. The molecule has 0 aliphatic heterocycles. The van der Waals surface area contributed by atoms with Gasteiger partial charge in [0.2, 0.25) is 10.0 Å². The number of nitrogens with one attached hydrogen (secondary N) is 1. The smallest absolute Gasteiger partial charge is 0.251 e. The third-order valence-corrected chi connectivity index (χ3v) is 5.39. The van der Waals surface area contributed by atoms with Crippen LogP contribution in [0.25, 0.3) is 0 Å². The highest BCUT2D eigenvalue weighted by Gasteiger charge is 2.16. The Morgan fingerprint density at radius 1 is 1.15 bits per heavy atom. The molecule has 0 aliphatic rings. The maximum Gasteiger partial charge on any atom is 0.251 e. The van der Waals surface area contributed by atoms with E-state index in [1.165, 1.54) is 11.4 Å². The Morgan fingerprint density at radius 3 is 2.33 bits per heavy atom. The predicted molar refractivity (Wildman–Crippen MR) is 108 cm³/mol. The first-order valence-electron chi connectivity index (χ1n) is 8.63. The summed E-state index contributed by atoms with van der Waals surface area (Å²) in [5, 5.41) is 2.89. The zero-order valence-corrected chi connectivity index (χ0v) is 17.1. The molecule has 6 nitrogen and oxygen atoms in total. The molecule has 7 heteroatoms. The van der Waals surface area contributed by atoms with Gasteiger partial charge in [0, 0.05) is 12.6 Å². The first-order chi connectivity index (χ1) is 12.6. The van der Waals surface area contributed by atoms with Crippen LogP contribution in [-0.4, -0.2) is 40.3 Å². The summed E-state index contributed by atoms with van der Waals surface area (Å²) >= 11 is 0. The normalized spacial score (nSPS) is 12.3. The number of carbonyl (C=O) groups is 1. The van der Waals surface area contributed by atoms with Crippen molar-refractivity contribution in [3.05, 3.63) is 59.2 Å². The molecule has 0 unspecified atom stereocenters. The number of hydrogen-bond acceptors (Lipinski definition) is 4. The maximum absolute atomic E-state index is 12.4. The van der Waals surface area contributed by atoms with Gasteiger partial charge in [0.15, 0.2) is 0 Å². The van der Waals surface area contributed by atoms with Crippen molar-refractivity contribution in [1.29, 1.82) is 0 Å². The zero-order valence-electron chi connectivity index (χ0n) is 16.3. The number of aryl methyl sites for hydroxylation is 2. The largest absolute Gasteiger partial charge is 0.491 e. The molecule has 0 saturated carbocycles. The number of nitrogens with zero attached hydrogens (tertiary/aromatic N) is 1. The molecule has 27 heavy (non-hydrogen) atoms. The van der Waals surface area contributed by atoms with E-state index in [4.69, 9.17) is 4.74 Å². The van der Waals surface area contributed by atoms with Crippen molar-refractivity contribution in [2.75, 3.05) is 24.2 Å². The summed E-state index contributed by atoms with van der Waals surface area (Å²) < 4.78 is 30.3. The molecule has 0 fully saturated rings. The van der Waals surface area contributed by atoms with Gasteiger partial charge in [-0.05, 0) is 56.7 Å². The summed E-state index contributed by atoms with van der Waals surface area (Å²) in [5.74, 6) is 0.525. The number of benzene rings is 2. The highest BCUT2D eigenvalue weighted by molar-refractivity contribution is 7.92. The SMILES string of the molecule is Cc1ccc(OC[C@@H](C)NC(=O)c2ccc(N(C)S(C)(=O)=O)c(C)c2)cc1. The first kappa shape index (κ1) is 20.8. The van der Waals surface area contributed by atoms with Crippen molar-refractivity contribution in [3.63, 3.8) is 0 Å². The van der Waals surface area contributed by atoms with E-state index in [9.17, 15) is 13.2 Å². The van der Waals surface area contributed by atoms with Crippen LogP contribution in [0.15, 0.2) is 42.5 Å². The lowest BCUT2D eigenvalue weighted by Gasteiger charge is -2.20. The second-order valence-electron chi connectivity index (χ2n) is 6.73. The fraction of sp³-hybridized carbons (Fsp3) is 0.350. The standard InChI is InChI=1S/C20H26N2O4S/c1-14-6-9-18(10-7-14)26-13-16(3)21-20(23)17-8-11-19(15(2)12-17)22(4)27(5,24)25/h6-12,16H,13H2,1-5H3,(H,21,23)/t16-/m1/s1. The maximum atomic E-state index is 12.4.